The summed E-state index contributed by atoms with van der Waals surface area (Å²) >= 11 is 0. The quantitative estimate of drug-likeness (QED) is 0.829. The third-order valence-corrected chi connectivity index (χ3v) is 2.91. The van der Waals surface area contributed by atoms with Crippen LogP contribution in [0.25, 0.3) is 0 Å². The first-order chi connectivity index (χ1) is 10.1. The molecule has 0 aliphatic rings. The van der Waals surface area contributed by atoms with Crippen molar-refractivity contribution < 1.29 is 4.79 Å². The molecule has 0 radical (unpaired) electrons. The van der Waals surface area contributed by atoms with E-state index in [-0.39, 0.29) is 12.5 Å². The van der Waals surface area contributed by atoms with E-state index in [1.54, 1.807) is 12.3 Å². The van der Waals surface area contributed by atoms with Gasteiger partial charge in [-0.15, -0.1) is 0 Å². The fraction of sp³-hybridized carbons (Fsp3) is 0.176. The van der Waals surface area contributed by atoms with Crippen LogP contribution in [0.2, 0.25) is 0 Å². The lowest BCUT2D eigenvalue weighted by Gasteiger charge is -2.08. The summed E-state index contributed by atoms with van der Waals surface area (Å²) in [5.74, 6) is 5.52. The Hall–Kier alpha value is -2.64. The van der Waals surface area contributed by atoms with E-state index in [1.165, 1.54) is 0 Å². The largest absolute Gasteiger partial charge is 0.321 e. The monoisotopic (exact) mass is 279 g/mol. The number of nitrogens with zero attached hydrogens (tertiary/aromatic N) is 1. The van der Waals surface area contributed by atoms with Crippen LogP contribution in [0.4, 0.5) is 5.69 Å². The number of hydrogen-bond acceptors (Lipinski definition) is 3. The van der Waals surface area contributed by atoms with Gasteiger partial charge in [-0.3, -0.25) is 9.78 Å². The van der Waals surface area contributed by atoms with Crippen LogP contribution in [-0.4, -0.2) is 17.4 Å². The number of rotatable bonds is 2. The number of carbonyl (C=O) groups excluding carboxylic acids is 1. The van der Waals surface area contributed by atoms with Crippen molar-refractivity contribution in [2.24, 2.45) is 5.73 Å². The second kappa shape index (κ2) is 6.69. The van der Waals surface area contributed by atoms with Gasteiger partial charge in [0.15, 0.2) is 0 Å². The zero-order chi connectivity index (χ0) is 15.2. The standard InChI is InChI=1S/C17H17N3O/c1-12-5-8-16(14(10-12)4-3-9-18)17(21)20-15-7-6-13(2)19-11-15/h5-8,10-11H,9,18H2,1-2H3,(H,20,21). The third-order valence-electron chi connectivity index (χ3n) is 2.91. The second-order valence-electron chi connectivity index (χ2n) is 4.70. The molecule has 1 amide bonds. The Morgan fingerprint density at radius 1 is 1.29 bits per heavy atom. The number of carbonyl (C=O) groups is 1. The zero-order valence-electron chi connectivity index (χ0n) is 12.1. The van der Waals surface area contributed by atoms with Crippen LogP contribution in [0.1, 0.15) is 27.2 Å². The van der Waals surface area contributed by atoms with Crippen molar-refractivity contribution in [1.29, 1.82) is 0 Å². The molecule has 0 saturated heterocycles. The van der Waals surface area contributed by atoms with Gasteiger partial charge in [-0.25, -0.2) is 0 Å². The summed E-state index contributed by atoms with van der Waals surface area (Å²) in [5.41, 5.74) is 9.21. The molecule has 1 aromatic carbocycles. The van der Waals surface area contributed by atoms with Crippen molar-refractivity contribution in [2.45, 2.75) is 13.8 Å². The number of pyridine rings is 1. The molecule has 21 heavy (non-hydrogen) atoms. The van der Waals surface area contributed by atoms with E-state index in [9.17, 15) is 4.79 Å². The first kappa shape index (κ1) is 14.8. The highest BCUT2D eigenvalue weighted by molar-refractivity contribution is 6.06. The average Bonchev–Trinajstić information content (AvgIpc) is 2.47. The molecule has 0 aliphatic heterocycles. The number of amides is 1. The molecular formula is C17H17N3O. The van der Waals surface area contributed by atoms with Crippen LogP contribution in [0.5, 0.6) is 0 Å². The van der Waals surface area contributed by atoms with Gasteiger partial charge in [-0.05, 0) is 43.7 Å². The minimum Gasteiger partial charge on any atom is -0.321 e. The van der Waals surface area contributed by atoms with E-state index in [0.717, 1.165) is 11.3 Å². The minimum absolute atomic E-state index is 0.207. The highest BCUT2D eigenvalue weighted by atomic mass is 16.1. The fourth-order valence-corrected chi connectivity index (χ4v) is 1.85. The fourth-order valence-electron chi connectivity index (χ4n) is 1.85. The number of nitrogens with one attached hydrogen (secondary N) is 1. The Labute approximate surface area is 124 Å². The molecule has 1 heterocycles. The SMILES string of the molecule is Cc1ccc(C(=O)Nc2ccc(C)nc2)c(C#CCN)c1. The van der Waals surface area contributed by atoms with Crippen LogP contribution in [0.3, 0.4) is 0 Å². The highest BCUT2D eigenvalue weighted by Gasteiger charge is 2.10. The maximum atomic E-state index is 12.4. The first-order valence-corrected chi connectivity index (χ1v) is 6.64. The molecule has 0 spiro atoms. The number of anilines is 1. The van der Waals surface area contributed by atoms with Gasteiger partial charge in [0.25, 0.3) is 5.91 Å². The maximum Gasteiger partial charge on any atom is 0.256 e. The molecule has 1 aromatic heterocycles. The van der Waals surface area contributed by atoms with E-state index < -0.39 is 0 Å². The first-order valence-electron chi connectivity index (χ1n) is 6.64. The van der Waals surface area contributed by atoms with E-state index in [4.69, 9.17) is 5.73 Å². The predicted octanol–water partition coefficient (Wildman–Crippen LogP) is 2.26. The number of aromatic nitrogens is 1. The molecule has 106 valence electrons. The smallest absolute Gasteiger partial charge is 0.256 e. The van der Waals surface area contributed by atoms with E-state index in [0.29, 0.717) is 16.8 Å². The highest BCUT2D eigenvalue weighted by Crippen LogP contribution is 2.14. The van der Waals surface area contributed by atoms with Crippen LogP contribution < -0.4 is 11.1 Å². The van der Waals surface area contributed by atoms with Gasteiger partial charge in [0.1, 0.15) is 0 Å². The lowest BCUT2D eigenvalue weighted by molar-refractivity contribution is 0.102. The number of hydrogen-bond donors (Lipinski definition) is 2. The van der Waals surface area contributed by atoms with Crippen molar-refractivity contribution in [3.8, 4) is 11.8 Å². The molecule has 0 unspecified atom stereocenters. The molecule has 2 rings (SSSR count). The van der Waals surface area contributed by atoms with Crippen molar-refractivity contribution >= 4 is 11.6 Å². The van der Waals surface area contributed by atoms with Crippen molar-refractivity contribution in [2.75, 3.05) is 11.9 Å². The molecule has 0 saturated carbocycles. The van der Waals surface area contributed by atoms with Gasteiger partial charge >= 0.3 is 0 Å². The van der Waals surface area contributed by atoms with Gasteiger partial charge in [-0.2, -0.15) is 0 Å². The number of aryl methyl sites for hydroxylation is 2. The molecule has 3 N–H and O–H groups in total. The Morgan fingerprint density at radius 3 is 2.76 bits per heavy atom. The topological polar surface area (TPSA) is 68.0 Å². The predicted molar refractivity (Wildman–Crippen MR) is 84.0 cm³/mol. The van der Waals surface area contributed by atoms with Crippen LogP contribution in [0.15, 0.2) is 36.5 Å². The third kappa shape index (κ3) is 3.91. The average molecular weight is 279 g/mol. The minimum atomic E-state index is -0.207. The van der Waals surface area contributed by atoms with Gasteiger partial charge in [0, 0.05) is 11.3 Å². The van der Waals surface area contributed by atoms with Crippen LogP contribution in [0, 0.1) is 25.7 Å². The summed E-state index contributed by atoms with van der Waals surface area (Å²) < 4.78 is 0. The number of nitrogens with two attached hydrogens (primary N) is 1. The van der Waals surface area contributed by atoms with E-state index in [2.05, 4.69) is 22.1 Å². The Bertz CT molecular complexity index is 709. The summed E-state index contributed by atoms with van der Waals surface area (Å²) in [6.45, 7) is 4.11. The van der Waals surface area contributed by atoms with Crippen molar-refractivity contribution in [1.82, 2.24) is 4.98 Å². The van der Waals surface area contributed by atoms with Crippen molar-refractivity contribution in [3.05, 3.63) is 58.9 Å². The second-order valence-corrected chi connectivity index (χ2v) is 4.70. The molecule has 4 heteroatoms. The normalized spacial score (nSPS) is 9.67. The van der Waals surface area contributed by atoms with Gasteiger partial charge in [0.2, 0.25) is 0 Å². The lowest BCUT2D eigenvalue weighted by Crippen LogP contribution is -2.14. The molecule has 0 bridgehead atoms. The molecular weight excluding hydrogens is 262 g/mol. The summed E-state index contributed by atoms with van der Waals surface area (Å²) in [6.07, 6.45) is 1.63. The van der Waals surface area contributed by atoms with E-state index in [1.807, 2.05) is 38.1 Å². The molecule has 4 nitrogen and oxygen atoms in total. The van der Waals surface area contributed by atoms with Crippen LogP contribution in [-0.2, 0) is 0 Å². The van der Waals surface area contributed by atoms with Gasteiger partial charge in [0.05, 0.1) is 24.0 Å². The van der Waals surface area contributed by atoms with Gasteiger partial charge < -0.3 is 11.1 Å². The molecule has 0 aliphatic carbocycles. The lowest BCUT2D eigenvalue weighted by atomic mass is 10.0. The summed E-state index contributed by atoms with van der Waals surface area (Å²) in [6, 6.07) is 9.20. The Morgan fingerprint density at radius 2 is 2.10 bits per heavy atom. The van der Waals surface area contributed by atoms with Crippen molar-refractivity contribution in [3.63, 3.8) is 0 Å². The molecule has 2 aromatic rings. The molecule has 0 fully saturated rings. The summed E-state index contributed by atoms with van der Waals surface area (Å²) in [4.78, 5) is 16.5. The summed E-state index contributed by atoms with van der Waals surface area (Å²) in [7, 11) is 0. The molecule has 0 atom stereocenters. The summed E-state index contributed by atoms with van der Waals surface area (Å²) in [5, 5.41) is 2.82. The van der Waals surface area contributed by atoms with Crippen LogP contribution >= 0.6 is 0 Å². The Balaban J connectivity index is 2.28. The zero-order valence-corrected chi connectivity index (χ0v) is 12.1. The Kier molecular flexibility index (Phi) is 4.70. The maximum absolute atomic E-state index is 12.4. The van der Waals surface area contributed by atoms with Gasteiger partial charge in [-0.1, -0.05) is 17.9 Å². The number of benzene rings is 1. The van der Waals surface area contributed by atoms with E-state index >= 15 is 0 Å².